The van der Waals surface area contributed by atoms with Gasteiger partial charge in [-0.25, -0.2) is 9.18 Å². The number of halogens is 1. The largest absolute Gasteiger partial charge is 0.423 e. The molecule has 156 valence electrons. The van der Waals surface area contributed by atoms with Crippen molar-refractivity contribution in [3.8, 4) is 17.0 Å². The van der Waals surface area contributed by atoms with E-state index in [1.165, 1.54) is 17.7 Å². The standard InChI is InChI=1S/C26H28FNO2/c1-3-5-7-19-9-15-23(24(27)17-19)26(29)30-22-13-11-21(12-14-22)25-16-10-20(18-28-25)8-6-4-2/h9-18H,3-8H2,1-2H3. The highest BCUT2D eigenvalue weighted by Gasteiger charge is 2.15. The quantitative estimate of drug-likeness (QED) is 0.290. The number of carbonyl (C=O) groups excluding carboxylic acids is 1. The molecule has 0 atom stereocenters. The fourth-order valence-electron chi connectivity index (χ4n) is 3.24. The molecule has 0 amide bonds. The van der Waals surface area contributed by atoms with E-state index in [0.717, 1.165) is 55.3 Å². The Labute approximate surface area is 177 Å². The molecule has 0 radical (unpaired) electrons. The minimum absolute atomic E-state index is 0.0522. The Kier molecular flexibility index (Phi) is 7.72. The van der Waals surface area contributed by atoms with Gasteiger partial charge in [0.05, 0.1) is 11.3 Å². The van der Waals surface area contributed by atoms with Gasteiger partial charge in [-0.05, 0) is 79.3 Å². The molecule has 0 aliphatic carbocycles. The zero-order valence-electron chi connectivity index (χ0n) is 17.7. The summed E-state index contributed by atoms with van der Waals surface area (Å²) in [5, 5.41) is 0. The molecule has 0 saturated carbocycles. The number of rotatable bonds is 9. The topological polar surface area (TPSA) is 39.2 Å². The molecule has 1 aromatic heterocycles. The first-order valence-corrected chi connectivity index (χ1v) is 10.7. The van der Waals surface area contributed by atoms with Gasteiger partial charge >= 0.3 is 5.97 Å². The smallest absolute Gasteiger partial charge is 0.346 e. The van der Waals surface area contributed by atoms with E-state index >= 15 is 0 Å². The van der Waals surface area contributed by atoms with Gasteiger partial charge in [-0.3, -0.25) is 4.98 Å². The van der Waals surface area contributed by atoms with Crippen LogP contribution in [0.5, 0.6) is 5.75 Å². The SMILES string of the molecule is CCCCc1ccc(-c2ccc(OC(=O)c3ccc(CCCC)cc3F)cc2)nc1. The highest BCUT2D eigenvalue weighted by atomic mass is 19.1. The molecule has 3 nitrogen and oxygen atoms in total. The van der Waals surface area contributed by atoms with E-state index in [1.807, 2.05) is 24.4 Å². The van der Waals surface area contributed by atoms with Crippen LogP contribution in [0.15, 0.2) is 60.8 Å². The number of nitrogens with zero attached hydrogens (tertiary/aromatic N) is 1. The minimum atomic E-state index is -0.694. The van der Waals surface area contributed by atoms with Crippen LogP contribution >= 0.6 is 0 Å². The maximum absolute atomic E-state index is 14.3. The molecule has 0 bridgehead atoms. The van der Waals surface area contributed by atoms with Crippen molar-refractivity contribution in [2.45, 2.75) is 52.4 Å². The van der Waals surface area contributed by atoms with Crippen molar-refractivity contribution in [3.05, 3.63) is 83.3 Å². The van der Waals surface area contributed by atoms with Gasteiger partial charge in [-0.2, -0.15) is 0 Å². The van der Waals surface area contributed by atoms with Gasteiger partial charge in [0, 0.05) is 11.8 Å². The first-order chi connectivity index (χ1) is 14.6. The number of hydrogen-bond acceptors (Lipinski definition) is 3. The zero-order valence-corrected chi connectivity index (χ0v) is 17.7. The van der Waals surface area contributed by atoms with Crippen molar-refractivity contribution in [2.24, 2.45) is 0 Å². The van der Waals surface area contributed by atoms with E-state index in [2.05, 4.69) is 24.9 Å². The lowest BCUT2D eigenvalue weighted by atomic mass is 10.1. The minimum Gasteiger partial charge on any atom is -0.423 e. The molecule has 2 aromatic carbocycles. The van der Waals surface area contributed by atoms with Crippen molar-refractivity contribution in [3.63, 3.8) is 0 Å². The van der Waals surface area contributed by atoms with Crippen molar-refractivity contribution < 1.29 is 13.9 Å². The second-order valence-corrected chi connectivity index (χ2v) is 7.49. The number of carbonyl (C=O) groups is 1. The summed E-state index contributed by atoms with van der Waals surface area (Å²) in [7, 11) is 0. The van der Waals surface area contributed by atoms with E-state index in [0.29, 0.717) is 5.75 Å². The Morgan fingerprint density at radius 2 is 1.57 bits per heavy atom. The van der Waals surface area contributed by atoms with Crippen molar-refractivity contribution in [1.82, 2.24) is 4.98 Å². The molecular weight excluding hydrogens is 377 g/mol. The maximum atomic E-state index is 14.3. The second kappa shape index (κ2) is 10.7. The molecule has 0 unspecified atom stereocenters. The fraction of sp³-hybridized carbons (Fsp3) is 0.308. The van der Waals surface area contributed by atoms with Crippen LogP contribution in [0.1, 0.15) is 61.0 Å². The number of esters is 1. The van der Waals surface area contributed by atoms with Gasteiger partial charge in [0.25, 0.3) is 0 Å². The molecule has 0 fully saturated rings. The van der Waals surface area contributed by atoms with E-state index in [1.54, 1.807) is 18.2 Å². The summed E-state index contributed by atoms with van der Waals surface area (Å²) in [5.41, 5.74) is 3.87. The number of aromatic nitrogens is 1. The van der Waals surface area contributed by atoms with Crippen LogP contribution in [-0.2, 0) is 12.8 Å². The normalized spacial score (nSPS) is 10.8. The fourth-order valence-corrected chi connectivity index (χ4v) is 3.24. The lowest BCUT2D eigenvalue weighted by Crippen LogP contribution is -2.11. The number of ether oxygens (including phenoxy) is 1. The van der Waals surface area contributed by atoms with Gasteiger partial charge in [-0.15, -0.1) is 0 Å². The van der Waals surface area contributed by atoms with Crippen LogP contribution in [0.3, 0.4) is 0 Å². The zero-order chi connectivity index (χ0) is 21.3. The lowest BCUT2D eigenvalue weighted by Gasteiger charge is -2.08. The Morgan fingerprint density at radius 3 is 2.17 bits per heavy atom. The number of hydrogen-bond donors (Lipinski definition) is 0. The molecule has 30 heavy (non-hydrogen) atoms. The number of unbranched alkanes of at least 4 members (excludes halogenated alkanes) is 2. The molecule has 0 aliphatic rings. The molecular formula is C26H28FNO2. The number of benzene rings is 2. The summed E-state index contributed by atoms with van der Waals surface area (Å²) in [6.07, 6.45) is 8.10. The average molecular weight is 406 g/mol. The predicted molar refractivity (Wildman–Crippen MR) is 118 cm³/mol. The van der Waals surface area contributed by atoms with Gasteiger partial charge in [0.1, 0.15) is 11.6 Å². The molecule has 3 rings (SSSR count). The summed E-state index contributed by atoms with van der Waals surface area (Å²) < 4.78 is 19.7. The monoisotopic (exact) mass is 405 g/mol. The van der Waals surface area contributed by atoms with Crippen LogP contribution in [0.25, 0.3) is 11.3 Å². The third-order valence-electron chi connectivity index (χ3n) is 5.08. The van der Waals surface area contributed by atoms with Gasteiger partial charge < -0.3 is 4.74 Å². The van der Waals surface area contributed by atoms with Crippen molar-refractivity contribution in [1.29, 1.82) is 0 Å². The maximum Gasteiger partial charge on any atom is 0.346 e. The average Bonchev–Trinajstić information content (AvgIpc) is 2.77. The summed E-state index contributed by atoms with van der Waals surface area (Å²) in [5.74, 6) is -0.865. The summed E-state index contributed by atoms with van der Waals surface area (Å²) >= 11 is 0. The molecule has 4 heteroatoms. The van der Waals surface area contributed by atoms with Gasteiger partial charge in [0.2, 0.25) is 0 Å². The molecule has 0 spiro atoms. The van der Waals surface area contributed by atoms with E-state index in [4.69, 9.17) is 4.74 Å². The number of pyridine rings is 1. The highest BCUT2D eigenvalue weighted by Crippen LogP contribution is 2.22. The highest BCUT2D eigenvalue weighted by molar-refractivity contribution is 5.91. The first-order valence-electron chi connectivity index (χ1n) is 10.7. The predicted octanol–water partition coefficient (Wildman–Crippen LogP) is 6.79. The van der Waals surface area contributed by atoms with Crippen LogP contribution in [0.4, 0.5) is 4.39 Å². The molecule has 0 saturated heterocycles. The van der Waals surface area contributed by atoms with E-state index in [-0.39, 0.29) is 5.56 Å². The molecule has 0 N–H and O–H groups in total. The van der Waals surface area contributed by atoms with Gasteiger partial charge in [-0.1, -0.05) is 38.8 Å². The van der Waals surface area contributed by atoms with Crippen molar-refractivity contribution in [2.75, 3.05) is 0 Å². The lowest BCUT2D eigenvalue weighted by molar-refractivity contribution is 0.0730. The van der Waals surface area contributed by atoms with E-state index in [9.17, 15) is 9.18 Å². The van der Waals surface area contributed by atoms with Crippen LogP contribution in [0, 0.1) is 5.82 Å². The summed E-state index contributed by atoms with van der Waals surface area (Å²) in [6.45, 7) is 4.26. The number of aryl methyl sites for hydroxylation is 2. The third-order valence-corrected chi connectivity index (χ3v) is 5.08. The third kappa shape index (κ3) is 5.76. The van der Waals surface area contributed by atoms with E-state index < -0.39 is 11.8 Å². The van der Waals surface area contributed by atoms with Crippen molar-refractivity contribution >= 4 is 5.97 Å². The Balaban J connectivity index is 1.64. The molecule has 3 aromatic rings. The van der Waals surface area contributed by atoms with Crippen LogP contribution in [-0.4, -0.2) is 11.0 Å². The summed E-state index contributed by atoms with van der Waals surface area (Å²) in [4.78, 5) is 16.9. The Bertz CT molecular complexity index is 965. The first kappa shape index (κ1) is 21.7. The van der Waals surface area contributed by atoms with Crippen LogP contribution < -0.4 is 4.74 Å². The van der Waals surface area contributed by atoms with Gasteiger partial charge in [0.15, 0.2) is 0 Å². The second-order valence-electron chi connectivity index (χ2n) is 7.49. The molecule has 1 heterocycles. The van der Waals surface area contributed by atoms with Crippen LogP contribution in [0.2, 0.25) is 0 Å². The Morgan fingerprint density at radius 1 is 0.900 bits per heavy atom. The molecule has 0 aliphatic heterocycles. The Hall–Kier alpha value is -3.01. The summed E-state index contributed by atoms with van der Waals surface area (Å²) in [6, 6.07) is 15.9.